The van der Waals surface area contributed by atoms with Gasteiger partial charge in [0.15, 0.2) is 0 Å². The number of carboxylic acid groups (broad SMARTS) is 1. The molecule has 0 bridgehead atoms. The summed E-state index contributed by atoms with van der Waals surface area (Å²) in [4.78, 5) is 20.0. The number of halogens is 2. The maximum atomic E-state index is 13.6. The van der Waals surface area contributed by atoms with Gasteiger partial charge in [-0.1, -0.05) is 13.8 Å². The van der Waals surface area contributed by atoms with E-state index in [4.69, 9.17) is 15.6 Å². The fraction of sp³-hybridized carbons (Fsp3) is 0.450. The van der Waals surface area contributed by atoms with Gasteiger partial charge in [0.1, 0.15) is 23.9 Å². The highest BCUT2D eigenvalue weighted by atomic mass is 19.3. The van der Waals surface area contributed by atoms with E-state index in [0.29, 0.717) is 17.9 Å². The maximum Gasteiger partial charge on any atom is 0.412 e. The molecule has 0 saturated carbocycles. The molecule has 0 fully saturated rings. The van der Waals surface area contributed by atoms with Crippen LogP contribution in [-0.2, 0) is 0 Å². The monoisotopic (exact) mass is 408 g/mol. The number of hydrogen-bond donors (Lipinski definition) is 2. The summed E-state index contributed by atoms with van der Waals surface area (Å²) in [5.41, 5.74) is 5.75. The van der Waals surface area contributed by atoms with Crippen molar-refractivity contribution < 1.29 is 23.4 Å². The van der Waals surface area contributed by atoms with Crippen LogP contribution in [0, 0.1) is 5.92 Å². The third-order valence-electron chi connectivity index (χ3n) is 4.20. The van der Waals surface area contributed by atoms with Gasteiger partial charge in [0.05, 0.1) is 5.69 Å². The molecule has 2 heterocycles. The van der Waals surface area contributed by atoms with Gasteiger partial charge in [0, 0.05) is 24.3 Å². The molecule has 7 nitrogen and oxygen atoms in total. The minimum Gasteiger partial charge on any atom is -0.490 e. The fourth-order valence-corrected chi connectivity index (χ4v) is 2.99. The zero-order valence-corrected chi connectivity index (χ0v) is 16.9. The molecule has 1 amide bonds. The molecule has 9 heteroatoms. The number of rotatable bonds is 8. The normalized spacial score (nSPS) is 13.4. The number of carbonyl (C=O) groups is 1. The van der Waals surface area contributed by atoms with Crippen LogP contribution in [0.4, 0.5) is 19.4 Å². The van der Waals surface area contributed by atoms with Gasteiger partial charge in [-0.15, -0.1) is 0 Å². The molecule has 2 aromatic heterocycles. The average molecular weight is 408 g/mol. The van der Waals surface area contributed by atoms with Crippen molar-refractivity contribution in [3.05, 3.63) is 36.2 Å². The molecule has 0 unspecified atom stereocenters. The number of aromatic nitrogens is 2. The lowest BCUT2D eigenvalue weighted by molar-refractivity contribution is 0.134. The Morgan fingerprint density at radius 2 is 2.03 bits per heavy atom. The van der Waals surface area contributed by atoms with Gasteiger partial charge < -0.3 is 15.6 Å². The predicted molar refractivity (Wildman–Crippen MR) is 106 cm³/mol. The van der Waals surface area contributed by atoms with Crippen LogP contribution in [0.25, 0.3) is 11.3 Å². The van der Waals surface area contributed by atoms with Crippen molar-refractivity contribution in [2.75, 3.05) is 18.6 Å². The van der Waals surface area contributed by atoms with E-state index in [1.165, 1.54) is 31.4 Å². The molecular weight excluding hydrogens is 382 g/mol. The summed E-state index contributed by atoms with van der Waals surface area (Å²) in [7, 11) is 1.34. The number of anilines is 1. The lowest BCUT2D eigenvalue weighted by Gasteiger charge is -2.27. The van der Waals surface area contributed by atoms with Crippen LogP contribution in [0.5, 0.6) is 5.75 Å². The van der Waals surface area contributed by atoms with Crippen LogP contribution in [0.15, 0.2) is 30.5 Å². The Morgan fingerprint density at radius 1 is 1.34 bits per heavy atom. The molecule has 2 rings (SSSR count). The Balaban J connectivity index is 2.30. The highest BCUT2D eigenvalue weighted by molar-refractivity contribution is 5.84. The zero-order chi connectivity index (χ0) is 21.8. The molecule has 3 N–H and O–H groups in total. The van der Waals surface area contributed by atoms with Crippen LogP contribution >= 0.6 is 0 Å². The Bertz CT molecular complexity index is 859. The van der Waals surface area contributed by atoms with E-state index in [1.54, 1.807) is 6.07 Å². The number of amides is 1. The number of alkyl halides is 2. The highest BCUT2D eigenvalue weighted by Gasteiger charge is 2.24. The third-order valence-corrected chi connectivity index (χ3v) is 4.20. The summed E-state index contributed by atoms with van der Waals surface area (Å²) in [6.45, 7) is 5.94. The summed E-state index contributed by atoms with van der Waals surface area (Å²) in [6.07, 6.45) is -1.96. The summed E-state index contributed by atoms with van der Waals surface area (Å²) >= 11 is 0. The quantitative estimate of drug-likeness (QED) is 0.674. The Labute approximate surface area is 168 Å². The van der Waals surface area contributed by atoms with E-state index in [2.05, 4.69) is 9.97 Å². The first-order chi connectivity index (χ1) is 13.5. The van der Waals surface area contributed by atoms with Crippen molar-refractivity contribution in [3.8, 4) is 17.0 Å². The van der Waals surface area contributed by atoms with Gasteiger partial charge in [0.2, 0.25) is 0 Å². The zero-order valence-electron chi connectivity index (χ0n) is 16.9. The summed E-state index contributed by atoms with van der Waals surface area (Å²) in [5.74, 6) is 0.470. The molecule has 0 aromatic carbocycles. The van der Waals surface area contributed by atoms with Crippen LogP contribution in [0.1, 0.15) is 39.3 Å². The van der Waals surface area contributed by atoms with Crippen LogP contribution in [0.3, 0.4) is 0 Å². The largest absolute Gasteiger partial charge is 0.490 e. The van der Waals surface area contributed by atoms with Crippen LogP contribution < -0.4 is 15.4 Å². The van der Waals surface area contributed by atoms with E-state index >= 15 is 0 Å². The molecule has 0 aliphatic heterocycles. The minimum atomic E-state index is -2.85. The molecule has 29 heavy (non-hydrogen) atoms. The predicted octanol–water partition coefficient (Wildman–Crippen LogP) is 4.34. The first-order valence-electron chi connectivity index (χ1n) is 9.14. The van der Waals surface area contributed by atoms with Crippen molar-refractivity contribution in [1.29, 1.82) is 0 Å². The third kappa shape index (κ3) is 6.08. The van der Waals surface area contributed by atoms with E-state index in [0.717, 1.165) is 4.90 Å². The molecule has 0 aliphatic carbocycles. The average Bonchev–Trinajstić information content (AvgIpc) is 2.64. The minimum absolute atomic E-state index is 0.0267. The second kappa shape index (κ2) is 9.13. The Hall–Kier alpha value is -2.81. The fourth-order valence-electron chi connectivity index (χ4n) is 2.99. The number of ether oxygens (including phenoxy) is 1. The number of pyridine rings is 2. The summed E-state index contributed by atoms with van der Waals surface area (Å²) in [5, 5.41) is 9.07. The van der Waals surface area contributed by atoms with Gasteiger partial charge in [0.25, 0.3) is 6.43 Å². The number of nitrogens with zero attached hydrogens (tertiary/aromatic N) is 3. The van der Waals surface area contributed by atoms with Crippen LogP contribution in [0.2, 0.25) is 0 Å². The topological polar surface area (TPSA) is 102 Å². The van der Waals surface area contributed by atoms with Gasteiger partial charge in [-0.05, 0) is 43.5 Å². The van der Waals surface area contributed by atoms with Gasteiger partial charge >= 0.3 is 6.09 Å². The molecular formula is C20H26F2N4O3. The lowest BCUT2D eigenvalue weighted by atomic mass is 9.93. The van der Waals surface area contributed by atoms with E-state index in [-0.39, 0.29) is 23.9 Å². The van der Waals surface area contributed by atoms with Crippen molar-refractivity contribution in [2.24, 2.45) is 11.7 Å². The van der Waals surface area contributed by atoms with E-state index in [9.17, 15) is 13.6 Å². The summed E-state index contributed by atoms with van der Waals surface area (Å²) < 4.78 is 32.8. The highest BCUT2D eigenvalue weighted by Crippen LogP contribution is 2.31. The number of hydrogen-bond acceptors (Lipinski definition) is 5. The van der Waals surface area contributed by atoms with Crippen molar-refractivity contribution in [3.63, 3.8) is 0 Å². The standard InChI is InChI=1S/C20H26F2N4O3/c1-12(2)10-20(3,23)11-29-15-6-5-14(25-17(15)18(21)22)13-7-8-24-16(9-13)26(4)19(27)28/h5-9,12,18H,10-11,23H2,1-4H3,(H,27,28)/t20-/m0/s1. The number of nitrogens with two attached hydrogens (primary N) is 1. The smallest absolute Gasteiger partial charge is 0.412 e. The SMILES string of the molecule is CC(C)C[C@](C)(N)COc1ccc(-c2ccnc(N(C)C(=O)O)c2)nc1C(F)F. The molecule has 1 atom stereocenters. The molecule has 0 saturated heterocycles. The van der Waals surface area contributed by atoms with Crippen LogP contribution in [-0.4, -0.2) is 40.4 Å². The van der Waals surface area contributed by atoms with Gasteiger partial charge in [-0.3, -0.25) is 4.90 Å². The van der Waals surface area contributed by atoms with Gasteiger partial charge in [-0.2, -0.15) is 0 Å². The van der Waals surface area contributed by atoms with E-state index in [1.807, 2.05) is 20.8 Å². The van der Waals surface area contributed by atoms with Crippen molar-refractivity contribution >= 4 is 11.9 Å². The Kier molecular flexibility index (Phi) is 7.07. The second-order valence-electron chi connectivity index (χ2n) is 7.67. The molecule has 2 aromatic rings. The van der Waals surface area contributed by atoms with Crippen molar-refractivity contribution in [2.45, 2.75) is 39.2 Å². The first kappa shape index (κ1) is 22.5. The van der Waals surface area contributed by atoms with Crippen molar-refractivity contribution in [1.82, 2.24) is 9.97 Å². The van der Waals surface area contributed by atoms with Gasteiger partial charge in [-0.25, -0.2) is 23.5 Å². The molecule has 0 radical (unpaired) electrons. The second-order valence-corrected chi connectivity index (χ2v) is 7.67. The molecule has 0 spiro atoms. The van der Waals surface area contributed by atoms with E-state index < -0.39 is 23.8 Å². The molecule has 158 valence electrons. The maximum absolute atomic E-state index is 13.6. The molecule has 0 aliphatic rings. The lowest BCUT2D eigenvalue weighted by Crippen LogP contribution is -2.43. The summed E-state index contributed by atoms with van der Waals surface area (Å²) in [6, 6.07) is 6.00. The first-order valence-corrected chi connectivity index (χ1v) is 9.14. The Morgan fingerprint density at radius 3 is 2.62 bits per heavy atom.